The summed E-state index contributed by atoms with van der Waals surface area (Å²) in [5.41, 5.74) is 0.714. The number of aryl methyl sites for hydroxylation is 2. The topological polar surface area (TPSA) is 70.2 Å². The number of halogens is 3. The van der Waals surface area contributed by atoms with Gasteiger partial charge in [0.25, 0.3) is 0 Å². The highest BCUT2D eigenvalue weighted by atomic mass is 19.4. The molecule has 0 fully saturated rings. The molecule has 0 radical (unpaired) electrons. The number of hydrogen-bond donors (Lipinski definition) is 2. The van der Waals surface area contributed by atoms with Crippen molar-refractivity contribution in [1.82, 2.24) is 9.97 Å². The van der Waals surface area contributed by atoms with Crippen LogP contribution in [0.1, 0.15) is 17.0 Å². The second kappa shape index (κ2) is 6.96. The second-order valence-corrected chi connectivity index (χ2v) is 5.62. The van der Waals surface area contributed by atoms with Gasteiger partial charge in [-0.15, -0.1) is 0 Å². The maximum Gasteiger partial charge on any atom is 0.416 e. The van der Waals surface area contributed by atoms with Crippen molar-refractivity contribution in [2.75, 3.05) is 29.6 Å². The van der Waals surface area contributed by atoms with Crippen molar-refractivity contribution < 1.29 is 18.0 Å². The van der Waals surface area contributed by atoms with Crippen LogP contribution in [0, 0.1) is 13.8 Å². The second-order valence-electron chi connectivity index (χ2n) is 5.62. The van der Waals surface area contributed by atoms with Crippen molar-refractivity contribution in [3.8, 4) is 0 Å². The largest absolute Gasteiger partial charge is 0.416 e. The van der Waals surface area contributed by atoms with Gasteiger partial charge < -0.3 is 15.5 Å². The predicted octanol–water partition coefficient (Wildman–Crippen LogP) is 3.82. The molecule has 2 N–H and O–H groups in total. The monoisotopic (exact) mass is 353 g/mol. The first-order valence-corrected chi connectivity index (χ1v) is 7.35. The van der Waals surface area contributed by atoms with E-state index in [0.717, 1.165) is 12.1 Å². The number of benzene rings is 1. The number of urea groups is 1. The molecule has 2 rings (SSSR count). The number of carbonyl (C=O) groups excluding carboxylic acids is 1. The standard InChI is InChI=1S/C16H18F3N5O/c1-9-13(10(2)21-14(20-9)24(3)4)23-15(25)22-12-7-5-6-11(8-12)16(17,18)19/h5-8H,1-4H3,(H2,22,23,25). The van der Waals surface area contributed by atoms with Gasteiger partial charge >= 0.3 is 12.2 Å². The van der Waals surface area contributed by atoms with Crippen molar-refractivity contribution in [3.05, 3.63) is 41.2 Å². The number of carbonyl (C=O) groups is 1. The molecule has 1 aromatic heterocycles. The van der Waals surface area contributed by atoms with Gasteiger partial charge in [0.05, 0.1) is 22.6 Å². The third-order valence-corrected chi connectivity index (χ3v) is 3.35. The Kier molecular flexibility index (Phi) is 5.15. The molecule has 0 spiro atoms. The molecule has 0 unspecified atom stereocenters. The van der Waals surface area contributed by atoms with E-state index in [9.17, 15) is 18.0 Å². The molecule has 2 aromatic rings. The minimum Gasteiger partial charge on any atom is -0.347 e. The van der Waals surface area contributed by atoms with Gasteiger partial charge in [-0.1, -0.05) is 6.07 Å². The Balaban J connectivity index is 2.16. The highest BCUT2D eigenvalue weighted by Crippen LogP contribution is 2.30. The summed E-state index contributed by atoms with van der Waals surface area (Å²) in [5.74, 6) is 0.499. The number of nitrogens with one attached hydrogen (secondary N) is 2. The Morgan fingerprint density at radius 3 is 2.20 bits per heavy atom. The summed E-state index contributed by atoms with van der Waals surface area (Å²) in [6.07, 6.45) is -4.48. The zero-order valence-corrected chi connectivity index (χ0v) is 14.2. The van der Waals surface area contributed by atoms with Crippen LogP contribution in [0.5, 0.6) is 0 Å². The molecule has 6 nitrogen and oxygen atoms in total. The van der Waals surface area contributed by atoms with Crippen LogP contribution in [0.15, 0.2) is 24.3 Å². The van der Waals surface area contributed by atoms with Gasteiger partial charge in [-0.3, -0.25) is 0 Å². The SMILES string of the molecule is Cc1nc(N(C)C)nc(C)c1NC(=O)Nc1cccc(C(F)(F)F)c1. The smallest absolute Gasteiger partial charge is 0.347 e. The molecule has 2 amide bonds. The number of alkyl halides is 3. The fraction of sp³-hybridized carbons (Fsp3) is 0.312. The normalized spacial score (nSPS) is 11.2. The van der Waals surface area contributed by atoms with Gasteiger partial charge in [-0.2, -0.15) is 13.2 Å². The Hall–Kier alpha value is -2.84. The number of hydrogen-bond acceptors (Lipinski definition) is 4. The molecule has 9 heteroatoms. The van der Waals surface area contributed by atoms with Crippen LogP contribution in [0.4, 0.5) is 35.3 Å². The molecule has 25 heavy (non-hydrogen) atoms. The molecule has 134 valence electrons. The molecule has 0 aliphatic carbocycles. The van der Waals surface area contributed by atoms with Crippen LogP contribution in [0.2, 0.25) is 0 Å². The number of nitrogens with zero attached hydrogens (tertiary/aromatic N) is 3. The van der Waals surface area contributed by atoms with Crippen molar-refractivity contribution in [2.45, 2.75) is 20.0 Å². The summed E-state index contributed by atoms with van der Waals surface area (Å²) in [7, 11) is 3.59. The Bertz CT molecular complexity index is 767. The van der Waals surface area contributed by atoms with E-state index >= 15 is 0 Å². The lowest BCUT2D eigenvalue weighted by Crippen LogP contribution is -2.22. The van der Waals surface area contributed by atoms with Crippen LogP contribution in [0.25, 0.3) is 0 Å². The average molecular weight is 353 g/mol. The van der Waals surface area contributed by atoms with E-state index in [0.29, 0.717) is 23.0 Å². The lowest BCUT2D eigenvalue weighted by molar-refractivity contribution is -0.137. The summed E-state index contributed by atoms with van der Waals surface area (Å²) in [5, 5.41) is 4.96. The van der Waals surface area contributed by atoms with E-state index < -0.39 is 17.8 Å². The first kappa shape index (κ1) is 18.5. The molecule has 0 bridgehead atoms. The van der Waals surface area contributed by atoms with Crippen LogP contribution < -0.4 is 15.5 Å². The first-order valence-electron chi connectivity index (χ1n) is 7.35. The van der Waals surface area contributed by atoms with Crippen LogP contribution >= 0.6 is 0 Å². The summed E-state index contributed by atoms with van der Waals surface area (Å²) in [6, 6.07) is 3.73. The predicted molar refractivity (Wildman–Crippen MR) is 89.9 cm³/mol. The first-order chi connectivity index (χ1) is 11.6. The van der Waals surface area contributed by atoms with E-state index in [1.807, 2.05) is 0 Å². The highest BCUT2D eigenvalue weighted by Gasteiger charge is 2.30. The minimum atomic E-state index is -4.48. The third-order valence-electron chi connectivity index (χ3n) is 3.35. The van der Waals surface area contributed by atoms with Gasteiger partial charge in [0, 0.05) is 19.8 Å². The van der Waals surface area contributed by atoms with Crippen molar-refractivity contribution >= 4 is 23.4 Å². The third kappa shape index (κ3) is 4.59. The van der Waals surface area contributed by atoms with Crippen LogP contribution in [-0.2, 0) is 6.18 Å². The lowest BCUT2D eigenvalue weighted by Gasteiger charge is -2.16. The molecular weight excluding hydrogens is 335 g/mol. The molecule has 1 heterocycles. The molecule has 0 saturated heterocycles. The fourth-order valence-electron chi connectivity index (χ4n) is 2.13. The number of anilines is 3. The minimum absolute atomic E-state index is 0.0356. The Morgan fingerprint density at radius 2 is 1.68 bits per heavy atom. The Labute approximate surface area is 143 Å². The molecule has 0 atom stereocenters. The van der Waals surface area contributed by atoms with Crippen molar-refractivity contribution in [3.63, 3.8) is 0 Å². The van der Waals surface area contributed by atoms with E-state index in [4.69, 9.17) is 0 Å². The summed E-state index contributed by atoms with van der Waals surface area (Å²) in [4.78, 5) is 22.4. The van der Waals surface area contributed by atoms with Gasteiger partial charge in [0.2, 0.25) is 5.95 Å². The van der Waals surface area contributed by atoms with Crippen LogP contribution in [-0.4, -0.2) is 30.1 Å². The van der Waals surface area contributed by atoms with Crippen molar-refractivity contribution in [1.29, 1.82) is 0 Å². The zero-order valence-electron chi connectivity index (χ0n) is 14.2. The van der Waals surface area contributed by atoms with Crippen LogP contribution in [0.3, 0.4) is 0 Å². The number of amides is 2. The maximum absolute atomic E-state index is 12.7. The van der Waals surface area contributed by atoms with Gasteiger partial charge in [-0.25, -0.2) is 14.8 Å². The lowest BCUT2D eigenvalue weighted by atomic mass is 10.2. The molecule has 0 aliphatic heterocycles. The maximum atomic E-state index is 12.7. The highest BCUT2D eigenvalue weighted by molar-refractivity contribution is 6.00. The van der Waals surface area contributed by atoms with Gasteiger partial charge in [0.1, 0.15) is 0 Å². The number of rotatable bonds is 3. The van der Waals surface area contributed by atoms with Gasteiger partial charge in [-0.05, 0) is 32.0 Å². The van der Waals surface area contributed by atoms with Gasteiger partial charge in [0.15, 0.2) is 0 Å². The molecule has 1 aromatic carbocycles. The van der Waals surface area contributed by atoms with E-state index in [1.54, 1.807) is 32.8 Å². The molecular formula is C16H18F3N5O. The fourth-order valence-corrected chi connectivity index (χ4v) is 2.13. The summed E-state index contributed by atoms with van der Waals surface area (Å²) < 4.78 is 38.1. The average Bonchev–Trinajstić information content (AvgIpc) is 2.50. The van der Waals surface area contributed by atoms with E-state index in [-0.39, 0.29) is 5.69 Å². The van der Waals surface area contributed by atoms with E-state index in [1.165, 1.54) is 12.1 Å². The van der Waals surface area contributed by atoms with E-state index in [2.05, 4.69) is 20.6 Å². The number of aromatic nitrogens is 2. The molecule has 0 saturated carbocycles. The Morgan fingerprint density at radius 1 is 1.08 bits per heavy atom. The zero-order chi connectivity index (χ0) is 18.8. The summed E-state index contributed by atoms with van der Waals surface area (Å²) in [6.45, 7) is 3.42. The molecule has 0 aliphatic rings. The quantitative estimate of drug-likeness (QED) is 0.880. The van der Waals surface area contributed by atoms with Crippen molar-refractivity contribution in [2.24, 2.45) is 0 Å². The summed E-state index contributed by atoms with van der Waals surface area (Å²) >= 11 is 0.